The molecule has 0 aliphatic rings. The van der Waals surface area contributed by atoms with E-state index < -0.39 is 14.9 Å². The summed E-state index contributed by atoms with van der Waals surface area (Å²) in [6, 6.07) is 9.52. The van der Waals surface area contributed by atoms with Crippen LogP contribution in [0.5, 0.6) is 0 Å². The van der Waals surface area contributed by atoms with Crippen molar-refractivity contribution < 1.29 is 13.3 Å². The molecule has 0 fully saturated rings. The first-order valence-corrected chi connectivity index (χ1v) is 7.84. The van der Waals surface area contributed by atoms with E-state index in [9.17, 15) is 18.5 Å². The van der Waals surface area contributed by atoms with Gasteiger partial charge in [0.15, 0.2) is 0 Å². The number of nitro benzene ring substituents is 1. The summed E-state index contributed by atoms with van der Waals surface area (Å²) in [4.78, 5) is 14.2. The molecule has 0 aliphatic heterocycles. The number of nitrogens with zero attached hydrogens (tertiary/aromatic N) is 3. The molecule has 0 spiro atoms. The Kier molecular flexibility index (Phi) is 3.34. The van der Waals surface area contributed by atoms with Crippen LogP contribution in [0, 0.1) is 10.1 Å². The number of rotatable bonds is 3. The molecule has 1 heterocycles. The number of halogens is 1. The molecule has 9 heteroatoms. The maximum absolute atomic E-state index is 12.6. The topological polar surface area (TPSA) is 95.1 Å². The number of non-ortho nitro benzene ring substituents is 1. The SMILES string of the molecule is O=[N+]([O-])c1ccc2c(c1)ncn2S(=O)(=O)c1ccc(Cl)cc1. The van der Waals surface area contributed by atoms with Crippen LogP contribution < -0.4 is 0 Å². The third kappa shape index (κ3) is 2.32. The van der Waals surface area contributed by atoms with E-state index in [4.69, 9.17) is 11.6 Å². The Morgan fingerprint density at radius 3 is 2.45 bits per heavy atom. The maximum Gasteiger partial charge on any atom is 0.271 e. The number of benzene rings is 2. The van der Waals surface area contributed by atoms with Crippen molar-refractivity contribution in [2.75, 3.05) is 0 Å². The second-order valence-corrected chi connectivity index (χ2v) is 6.68. The smallest absolute Gasteiger partial charge is 0.258 e. The van der Waals surface area contributed by atoms with Gasteiger partial charge in [0.2, 0.25) is 0 Å². The first-order valence-electron chi connectivity index (χ1n) is 6.02. The van der Waals surface area contributed by atoms with E-state index in [2.05, 4.69) is 4.98 Å². The zero-order chi connectivity index (χ0) is 15.9. The monoisotopic (exact) mass is 337 g/mol. The third-order valence-electron chi connectivity index (χ3n) is 3.08. The van der Waals surface area contributed by atoms with Crippen LogP contribution in [0.25, 0.3) is 11.0 Å². The number of fused-ring (bicyclic) bond motifs is 1. The summed E-state index contributed by atoms with van der Waals surface area (Å²) in [5.41, 5.74) is 0.342. The summed E-state index contributed by atoms with van der Waals surface area (Å²) in [6.07, 6.45) is 1.12. The lowest BCUT2D eigenvalue weighted by Gasteiger charge is -2.06. The van der Waals surface area contributed by atoms with Crippen LogP contribution in [0.1, 0.15) is 0 Å². The molecule has 0 bridgehead atoms. The van der Waals surface area contributed by atoms with E-state index >= 15 is 0 Å². The fraction of sp³-hybridized carbons (Fsp3) is 0. The van der Waals surface area contributed by atoms with Crippen LogP contribution in [-0.2, 0) is 10.0 Å². The molecule has 0 amide bonds. The second-order valence-electron chi connectivity index (χ2n) is 4.43. The fourth-order valence-corrected chi connectivity index (χ4v) is 3.42. The van der Waals surface area contributed by atoms with Crippen molar-refractivity contribution in [3.8, 4) is 0 Å². The largest absolute Gasteiger partial charge is 0.271 e. The van der Waals surface area contributed by atoms with Gasteiger partial charge in [0, 0.05) is 17.2 Å². The molecule has 3 rings (SSSR count). The molecule has 0 aliphatic carbocycles. The normalized spacial score (nSPS) is 11.7. The summed E-state index contributed by atoms with van der Waals surface area (Å²) in [6.45, 7) is 0. The van der Waals surface area contributed by atoms with Gasteiger partial charge in [-0.05, 0) is 30.3 Å². The van der Waals surface area contributed by atoms with Crippen molar-refractivity contribution >= 4 is 38.3 Å². The average molecular weight is 338 g/mol. The van der Waals surface area contributed by atoms with E-state index in [-0.39, 0.29) is 21.6 Å². The Bertz CT molecular complexity index is 980. The highest BCUT2D eigenvalue weighted by Crippen LogP contribution is 2.24. The first-order chi connectivity index (χ1) is 10.4. The van der Waals surface area contributed by atoms with Crippen LogP contribution >= 0.6 is 11.6 Å². The van der Waals surface area contributed by atoms with Gasteiger partial charge in [-0.1, -0.05) is 11.6 Å². The molecule has 1 aromatic heterocycles. The highest BCUT2D eigenvalue weighted by Gasteiger charge is 2.20. The van der Waals surface area contributed by atoms with Gasteiger partial charge in [0.25, 0.3) is 15.7 Å². The predicted octanol–water partition coefficient (Wildman–Crippen LogP) is 2.83. The molecular weight excluding hydrogens is 330 g/mol. The summed E-state index contributed by atoms with van der Waals surface area (Å²) in [7, 11) is -3.85. The molecule has 0 unspecified atom stereocenters. The molecule has 7 nitrogen and oxygen atoms in total. The van der Waals surface area contributed by atoms with Crippen molar-refractivity contribution in [3.63, 3.8) is 0 Å². The Balaban J connectivity index is 2.17. The zero-order valence-electron chi connectivity index (χ0n) is 10.9. The van der Waals surface area contributed by atoms with E-state index in [1.807, 2.05) is 0 Å². The minimum absolute atomic E-state index is 0.0505. The first kappa shape index (κ1) is 14.5. The van der Waals surface area contributed by atoms with E-state index in [0.717, 1.165) is 10.3 Å². The number of hydrogen-bond donors (Lipinski definition) is 0. The third-order valence-corrected chi connectivity index (χ3v) is 5.01. The Morgan fingerprint density at radius 2 is 1.82 bits per heavy atom. The number of imidazole rings is 1. The van der Waals surface area contributed by atoms with Crippen molar-refractivity contribution in [2.24, 2.45) is 0 Å². The molecule has 2 aromatic carbocycles. The van der Waals surface area contributed by atoms with E-state index in [1.54, 1.807) is 0 Å². The summed E-state index contributed by atoms with van der Waals surface area (Å²) < 4.78 is 26.2. The highest BCUT2D eigenvalue weighted by atomic mass is 35.5. The summed E-state index contributed by atoms with van der Waals surface area (Å²) in [5.74, 6) is 0. The lowest BCUT2D eigenvalue weighted by atomic mass is 10.3. The molecule has 0 atom stereocenters. The summed E-state index contributed by atoms with van der Waals surface area (Å²) in [5, 5.41) is 11.2. The molecule has 0 N–H and O–H groups in total. The number of nitro groups is 1. The lowest BCUT2D eigenvalue weighted by Crippen LogP contribution is -2.11. The minimum Gasteiger partial charge on any atom is -0.258 e. The van der Waals surface area contributed by atoms with Gasteiger partial charge < -0.3 is 0 Å². The van der Waals surface area contributed by atoms with Crippen LogP contribution in [0.15, 0.2) is 53.7 Å². The van der Waals surface area contributed by atoms with Gasteiger partial charge >= 0.3 is 0 Å². The number of aromatic nitrogens is 2. The van der Waals surface area contributed by atoms with Gasteiger partial charge in [-0.3, -0.25) is 10.1 Å². The Morgan fingerprint density at radius 1 is 1.14 bits per heavy atom. The standard InChI is InChI=1S/C13H8ClN3O4S/c14-9-1-4-11(5-2-9)22(20,21)16-8-15-12-7-10(17(18)19)3-6-13(12)16/h1-8H. The van der Waals surface area contributed by atoms with Gasteiger partial charge in [-0.25, -0.2) is 17.4 Å². The Hall–Kier alpha value is -2.45. The maximum atomic E-state index is 12.6. The molecular formula is C13H8ClN3O4S. The molecule has 112 valence electrons. The second kappa shape index (κ2) is 5.08. The van der Waals surface area contributed by atoms with E-state index in [0.29, 0.717) is 5.02 Å². The summed E-state index contributed by atoms with van der Waals surface area (Å²) >= 11 is 5.75. The van der Waals surface area contributed by atoms with Crippen molar-refractivity contribution in [1.29, 1.82) is 0 Å². The quantitative estimate of drug-likeness (QED) is 0.541. The van der Waals surface area contributed by atoms with Crippen LogP contribution in [-0.4, -0.2) is 22.3 Å². The average Bonchev–Trinajstić information content (AvgIpc) is 2.91. The molecule has 22 heavy (non-hydrogen) atoms. The van der Waals surface area contributed by atoms with Crippen LogP contribution in [0.4, 0.5) is 5.69 Å². The van der Waals surface area contributed by atoms with Crippen LogP contribution in [0.2, 0.25) is 5.02 Å². The minimum atomic E-state index is -3.85. The molecule has 0 radical (unpaired) electrons. The van der Waals surface area contributed by atoms with Crippen molar-refractivity contribution in [1.82, 2.24) is 8.96 Å². The van der Waals surface area contributed by atoms with Gasteiger partial charge in [-0.2, -0.15) is 0 Å². The Labute approximate surface area is 130 Å². The van der Waals surface area contributed by atoms with Gasteiger partial charge in [0.1, 0.15) is 6.33 Å². The molecule has 3 aromatic rings. The molecule has 0 saturated carbocycles. The predicted molar refractivity (Wildman–Crippen MR) is 80.4 cm³/mol. The fourth-order valence-electron chi connectivity index (χ4n) is 2.00. The van der Waals surface area contributed by atoms with Gasteiger partial charge in [0.05, 0.1) is 20.9 Å². The molecule has 0 saturated heterocycles. The van der Waals surface area contributed by atoms with Gasteiger partial charge in [-0.15, -0.1) is 0 Å². The van der Waals surface area contributed by atoms with E-state index in [1.165, 1.54) is 42.5 Å². The van der Waals surface area contributed by atoms with Crippen molar-refractivity contribution in [3.05, 3.63) is 63.9 Å². The van der Waals surface area contributed by atoms with Crippen LogP contribution in [0.3, 0.4) is 0 Å². The van der Waals surface area contributed by atoms with Crippen molar-refractivity contribution in [2.45, 2.75) is 4.90 Å². The zero-order valence-corrected chi connectivity index (χ0v) is 12.5. The number of hydrogen-bond acceptors (Lipinski definition) is 5. The highest BCUT2D eigenvalue weighted by molar-refractivity contribution is 7.90. The lowest BCUT2D eigenvalue weighted by molar-refractivity contribution is -0.384.